The highest BCUT2D eigenvalue weighted by Crippen LogP contribution is 2.28. The number of aliphatic hydroxyl groups is 1. The van der Waals surface area contributed by atoms with Crippen molar-refractivity contribution in [2.45, 2.75) is 44.7 Å². The van der Waals surface area contributed by atoms with Crippen LogP contribution in [0.5, 0.6) is 0 Å². The number of aliphatic hydroxyl groups excluding tert-OH is 1. The van der Waals surface area contributed by atoms with Crippen molar-refractivity contribution in [2.75, 3.05) is 26.2 Å². The van der Waals surface area contributed by atoms with Gasteiger partial charge in [-0.15, -0.1) is 0 Å². The summed E-state index contributed by atoms with van der Waals surface area (Å²) < 4.78 is 13.1. The number of hydrogen-bond donors (Lipinski definition) is 2. The normalized spacial score (nSPS) is 16.4. The third kappa shape index (κ3) is 5.38. The molecule has 1 fully saturated rings. The van der Waals surface area contributed by atoms with Crippen LogP contribution in [-0.2, 0) is 0 Å². The van der Waals surface area contributed by atoms with E-state index < -0.39 is 0 Å². The molecule has 2 N–H and O–H groups in total. The lowest BCUT2D eigenvalue weighted by Gasteiger charge is -2.25. The van der Waals surface area contributed by atoms with Gasteiger partial charge >= 0.3 is 0 Å². The summed E-state index contributed by atoms with van der Waals surface area (Å²) in [7, 11) is 0. The highest BCUT2D eigenvalue weighted by molar-refractivity contribution is 5.20. The van der Waals surface area contributed by atoms with Gasteiger partial charge in [0.25, 0.3) is 0 Å². The Kier molecular flexibility index (Phi) is 6.61. The first-order chi connectivity index (χ1) is 10.2. The molecular formula is C17H27FN2O. The third-order valence-corrected chi connectivity index (χ3v) is 4.07. The highest BCUT2D eigenvalue weighted by atomic mass is 19.1. The molecule has 0 aromatic heterocycles. The van der Waals surface area contributed by atoms with E-state index in [0.717, 1.165) is 38.0 Å². The summed E-state index contributed by atoms with van der Waals surface area (Å²) >= 11 is 0. The predicted molar refractivity (Wildman–Crippen MR) is 83.7 cm³/mol. The quantitative estimate of drug-likeness (QED) is 0.696. The molecule has 2 rings (SSSR count). The maximum Gasteiger partial charge on any atom is 0.123 e. The standard InChI is InChI=1S/C17H27FN2O/c1-2-10-19-17(14-3-5-15(18)6-4-14)9-11-20(12-13-21)16-7-8-16/h3-6,16-17,19,21H,2,7-13H2,1H3. The maximum absolute atomic E-state index is 13.1. The van der Waals surface area contributed by atoms with E-state index in [-0.39, 0.29) is 18.5 Å². The molecule has 0 amide bonds. The van der Waals surface area contributed by atoms with Gasteiger partial charge in [0.15, 0.2) is 0 Å². The second-order valence-corrected chi connectivity index (χ2v) is 5.84. The molecule has 0 saturated heterocycles. The van der Waals surface area contributed by atoms with Crippen molar-refractivity contribution >= 4 is 0 Å². The van der Waals surface area contributed by atoms with Crippen LogP contribution in [0.1, 0.15) is 44.2 Å². The zero-order valence-corrected chi connectivity index (χ0v) is 12.9. The second kappa shape index (κ2) is 8.47. The molecule has 1 saturated carbocycles. The van der Waals surface area contributed by atoms with Gasteiger partial charge in [0.05, 0.1) is 6.61 Å². The lowest BCUT2D eigenvalue weighted by molar-refractivity contribution is 0.182. The number of nitrogens with zero attached hydrogens (tertiary/aromatic N) is 1. The first-order valence-electron chi connectivity index (χ1n) is 8.08. The highest BCUT2D eigenvalue weighted by Gasteiger charge is 2.28. The van der Waals surface area contributed by atoms with Gasteiger partial charge in [-0.1, -0.05) is 19.1 Å². The fraction of sp³-hybridized carbons (Fsp3) is 0.647. The smallest absolute Gasteiger partial charge is 0.123 e. The Bertz CT molecular complexity index is 406. The van der Waals surface area contributed by atoms with Gasteiger partial charge in [0, 0.05) is 25.2 Å². The Morgan fingerprint density at radius 1 is 1.29 bits per heavy atom. The van der Waals surface area contributed by atoms with Crippen molar-refractivity contribution in [1.82, 2.24) is 10.2 Å². The molecule has 1 aromatic carbocycles. The van der Waals surface area contributed by atoms with Gasteiger partial charge in [-0.3, -0.25) is 4.90 Å². The Balaban J connectivity index is 1.93. The molecule has 0 heterocycles. The minimum atomic E-state index is -0.187. The monoisotopic (exact) mass is 294 g/mol. The molecule has 1 aliphatic carbocycles. The zero-order chi connectivity index (χ0) is 15.1. The molecule has 0 spiro atoms. The molecular weight excluding hydrogens is 267 g/mol. The third-order valence-electron chi connectivity index (χ3n) is 4.07. The van der Waals surface area contributed by atoms with Crippen molar-refractivity contribution in [3.8, 4) is 0 Å². The van der Waals surface area contributed by atoms with Gasteiger partial charge < -0.3 is 10.4 Å². The maximum atomic E-state index is 13.1. The summed E-state index contributed by atoms with van der Waals surface area (Å²) in [6.07, 6.45) is 4.58. The molecule has 1 aliphatic rings. The lowest BCUT2D eigenvalue weighted by Crippen LogP contribution is -2.33. The fourth-order valence-electron chi connectivity index (χ4n) is 2.74. The van der Waals surface area contributed by atoms with Crippen molar-refractivity contribution < 1.29 is 9.50 Å². The topological polar surface area (TPSA) is 35.5 Å². The van der Waals surface area contributed by atoms with E-state index in [1.54, 1.807) is 0 Å². The van der Waals surface area contributed by atoms with Crippen LogP contribution in [-0.4, -0.2) is 42.3 Å². The van der Waals surface area contributed by atoms with Gasteiger partial charge in [-0.25, -0.2) is 4.39 Å². The summed E-state index contributed by atoms with van der Waals surface area (Å²) in [4.78, 5) is 2.38. The second-order valence-electron chi connectivity index (χ2n) is 5.84. The number of nitrogens with one attached hydrogen (secondary N) is 1. The van der Waals surface area contributed by atoms with Gasteiger partial charge in [-0.2, -0.15) is 0 Å². The predicted octanol–water partition coefficient (Wildman–Crippen LogP) is 2.71. The summed E-state index contributed by atoms with van der Waals surface area (Å²) in [6.45, 7) is 5.07. The Morgan fingerprint density at radius 2 is 2.00 bits per heavy atom. The van der Waals surface area contributed by atoms with Crippen LogP contribution in [0.25, 0.3) is 0 Å². The molecule has 1 atom stereocenters. The molecule has 0 radical (unpaired) electrons. The van der Waals surface area contributed by atoms with E-state index in [1.807, 2.05) is 12.1 Å². The first-order valence-corrected chi connectivity index (χ1v) is 8.08. The van der Waals surface area contributed by atoms with Crippen LogP contribution in [0.3, 0.4) is 0 Å². The summed E-state index contributed by atoms with van der Waals surface area (Å²) in [5.41, 5.74) is 1.14. The molecule has 4 heteroatoms. The average Bonchev–Trinajstić information content (AvgIpc) is 3.32. The Morgan fingerprint density at radius 3 is 2.57 bits per heavy atom. The van der Waals surface area contributed by atoms with E-state index in [2.05, 4.69) is 17.1 Å². The SMILES string of the molecule is CCCNC(CCN(CCO)C1CC1)c1ccc(F)cc1. The number of rotatable bonds is 10. The molecule has 0 aliphatic heterocycles. The van der Waals surface area contributed by atoms with Gasteiger partial charge in [-0.05, 0) is 49.9 Å². The molecule has 1 aromatic rings. The van der Waals surface area contributed by atoms with Crippen molar-refractivity contribution in [3.63, 3.8) is 0 Å². The Hall–Kier alpha value is -0.970. The van der Waals surface area contributed by atoms with Crippen LogP contribution in [0.2, 0.25) is 0 Å². The zero-order valence-electron chi connectivity index (χ0n) is 12.9. The van der Waals surface area contributed by atoms with Crippen molar-refractivity contribution in [2.24, 2.45) is 0 Å². The van der Waals surface area contributed by atoms with E-state index in [0.29, 0.717) is 6.04 Å². The summed E-state index contributed by atoms with van der Waals surface area (Å²) in [6, 6.07) is 7.72. The minimum Gasteiger partial charge on any atom is -0.395 e. The largest absolute Gasteiger partial charge is 0.395 e. The van der Waals surface area contributed by atoms with Crippen LogP contribution >= 0.6 is 0 Å². The fourth-order valence-corrected chi connectivity index (χ4v) is 2.74. The van der Waals surface area contributed by atoms with E-state index in [9.17, 15) is 4.39 Å². The van der Waals surface area contributed by atoms with E-state index >= 15 is 0 Å². The number of halogens is 1. The molecule has 21 heavy (non-hydrogen) atoms. The van der Waals surface area contributed by atoms with Crippen molar-refractivity contribution in [1.29, 1.82) is 0 Å². The molecule has 3 nitrogen and oxygen atoms in total. The number of hydrogen-bond acceptors (Lipinski definition) is 3. The summed E-state index contributed by atoms with van der Waals surface area (Å²) in [5.74, 6) is -0.187. The first kappa shape index (κ1) is 16.4. The van der Waals surface area contributed by atoms with Crippen molar-refractivity contribution in [3.05, 3.63) is 35.6 Å². The van der Waals surface area contributed by atoms with Gasteiger partial charge in [0.1, 0.15) is 5.82 Å². The van der Waals surface area contributed by atoms with Crippen LogP contribution in [0.15, 0.2) is 24.3 Å². The minimum absolute atomic E-state index is 0.187. The van der Waals surface area contributed by atoms with Gasteiger partial charge in [0.2, 0.25) is 0 Å². The van der Waals surface area contributed by atoms with Crippen LogP contribution in [0.4, 0.5) is 4.39 Å². The number of benzene rings is 1. The van der Waals surface area contributed by atoms with E-state index in [4.69, 9.17) is 5.11 Å². The van der Waals surface area contributed by atoms with Crippen LogP contribution < -0.4 is 5.32 Å². The van der Waals surface area contributed by atoms with E-state index in [1.165, 1.54) is 25.0 Å². The summed E-state index contributed by atoms with van der Waals surface area (Å²) in [5, 5.41) is 12.7. The average molecular weight is 294 g/mol. The van der Waals surface area contributed by atoms with Crippen LogP contribution in [0, 0.1) is 5.82 Å². The molecule has 118 valence electrons. The molecule has 1 unspecified atom stereocenters. The lowest BCUT2D eigenvalue weighted by atomic mass is 10.0. The molecule has 0 bridgehead atoms. The Labute approximate surface area is 127 Å².